The highest BCUT2D eigenvalue weighted by Gasteiger charge is 2.09. The molecule has 1 saturated heterocycles. The molecule has 0 bridgehead atoms. The third-order valence-corrected chi connectivity index (χ3v) is 4.89. The van der Waals surface area contributed by atoms with Gasteiger partial charge < -0.3 is 15.8 Å². The first-order valence-electron chi connectivity index (χ1n) is 9.86. The maximum absolute atomic E-state index is 6.04. The van der Waals surface area contributed by atoms with Gasteiger partial charge in [0.1, 0.15) is 0 Å². The summed E-state index contributed by atoms with van der Waals surface area (Å²) in [6.45, 7) is 13.8. The van der Waals surface area contributed by atoms with E-state index in [1.807, 2.05) is 0 Å². The van der Waals surface area contributed by atoms with Gasteiger partial charge in [0, 0.05) is 26.2 Å². The Bertz CT molecular complexity index is 539. The van der Waals surface area contributed by atoms with E-state index in [1.165, 1.54) is 11.1 Å². The average molecular weight is 362 g/mol. The Labute approximate surface area is 158 Å². The van der Waals surface area contributed by atoms with Crippen molar-refractivity contribution >= 4 is 5.96 Å². The molecule has 0 spiro atoms. The van der Waals surface area contributed by atoms with E-state index in [1.54, 1.807) is 0 Å². The molecule has 1 aliphatic rings. The van der Waals surface area contributed by atoms with Crippen LogP contribution in [0, 0.1) is 0 Å². The quantitative estimate of drug-likeness (QED) is 0.377. The molecule has 0 saturated carbocycles. The lowest BCUT2D eigenvalue weighted by atomic mass is 10.1. The molecule has 0 aromatic heterocycles. The molecule has 1 aromatic carbocycles. The van der Waals surface area contributed by atoms with E-state index >= 15 is 0 Å². The van der Waals surface area contributed by atoms with Crippen molar-refractivity contribution in [1.29, 1.82) is 0 Å². The molecule has 1 heterocycles. The number of hydrogen-bond acceptors (Lipinski definition) is 4. The van der Waals surface area contributed by atoms with E-state index < -0.39 is 0 Å². The van der Waals surface area contributed by atoms with Crippen LogP contribution in [-0.4, -0.2) is 68.2 Å². The van der Waals surface area contributed by atoms with Crippen molar-refractivity contribution in [2.24, 2.45) is 10.7 Å². The number of morpholine rings is 1. The molecule has 26 heavy (non-hydrogen) atoms. The predicted octanol–water partition coefficient (Wildman–Crippen LogP) is 1.66. The highest BCUT2D eigenvalue weighted by atomic mass is 16.5. The van der Waals surface area contributed by atoms with Crippen molar-refractivity contribution in [2.75, 3.05) is 52.5 Å². The number of aliphatic imine (C=N–C) groups is 1. The number of nitrogens with zero attached hydrogens (tertiary/aromatic N) is 3. The van der Waals surface area contributed by atoms with Crippen LogP contribution in [0.4, 0.5) is 0 Å². The van der Waals surface area contributed by atoms with Crippen molar-refractivity contribution in [3.8, 4) is 0 Å². The van der Waals surface area contributed by atoms with Crippen LogP contribution in [-0.2, 0) is 17.8 Å². The first kappa shape index (κ1) is 20.7. The number of guanidine groups is 1. The summed E-state index contributed by atoms with van der Waals surface area (Å²) in [4.78, 5) is 9.37. The molecular weight excluding hydrogens is 326 g/mol. The van der Waals surface area contributed by atoms with Gasteiger partial charge in [-0.15, -0.1) is 0 Å². The zero-order valence-electron chi connectivity index (χ0n) is 16.4. The van der Waals surface area contributed by atoms with Gasteiger partial charge in [-0.3, -0.25) is 9.80 Å². The molecule has 0 atom stereocenters. The number of nitrogens with two attached hydrogens (primary N) is 1. The molecule has 1 fully saturated rings. The summed E-state index contributed by atoms with van der Waals surface area (Å²) in [5.74, 6) is 0.532. The summed E-state index contributed by atoms with van der Waals surface area (Å²) in [5, 5.41) is 3.23. The Morgan fingerprint density at radius 3 is 2.58 bits per heavy atom. The van der Waals surface area contributed by atoms with Gasteiger partial charge in [-0.2, -0.15) is 0 Å². The van der Waals surface area contributed by atoms with Crippen molar-refractivity contribution in [3.05, 3.63) is 35.4 Å². The Morgan fingerprint density at radius 2 is 1.88 bits per heavy atom. The van der Waals surface area contributed by atoms with E-state index in [2.05, 4.69) is 58.2 Å². The molecule has 0 amide bonds. The van der Waals surface area contributed by atoms with Crippen molar-refractivity contribution < 1.29 is 4.74 Å². The molecule has 3 N–H and O–H groups in total. The fourth-order valence-corrected chi connectivity index (χ4v) is 3.12. The lowest BCUT2D eigenvalue weighted by Gasteiger charge is -2.26. The second-order valence-corrected chi connectivity index (χ2v) is 6.67. The fourth-order valence-electron chi connectivity index (χ4n) is 3.12. The number of ether oxygens (including phenoxy) is 1. The number of benzene rings is 1. The predicted molar refractivity (Wildman–Crippen MR) is 108 cm³/mol. The zero-order valence-corrected chi connectivity index (χ0v) is 16.4. The topological polar surface area (TPSA) is 66.1 Å². The molecular formula is C20H35N5O. The Morgan fingerprint density at radius 1 is 1.19 bits per heavy atom. The van der Waals surface area contributed by atoms with Crippen molar-refractivity contribution in [3.63, 3.8) is 0 Å². The van der Waals surface area contributed by atoms with Crippen LogP contribution in [0.3, 0.4) is 0 Å². The van der Waals surface area contributed by atoms with Crippen LogP contribution in [0.5, 0.6) is 0 Å². The molecule has 0 radical (unpaired) electrons. The van der Waals surface area contributed by atoms with E-state index in [-0.39, 0.29) is 0 Å². The fraction of sp³-hybridized carbons (Fsp3) is 0.650. The van der Waals surface area contributed by atoms with Gasteiger partial charge in [0.2, 0.25) is 0 Å². The van der Waals surface area contributed by atoms with Crippen LogP contribution in [0.2, 0.25) is 0 Å². The highest BCUT2D eigenvalue weighted by Crippen LogP contribution is 2.13. The minimum Gasteiger partial charge on any atom is -0.379 e. The average Bonchev–Trinajstić information content (AvgIpc) is 2.69. The molecule has 146 valence electrons. The molecule has 1 aromatic rings. The lowest BCUT2D eigenvalue weighted by molar-refractivity contribution is 0.0376. The standard InChI is InChI=1S/C20H35N5O/c1-3-24(4-2)17-19-9-6-5-8-18(19)16-23-20(21)22-10-7-11-25-12-14-26-15-13-25/h5-6,8-9H,3-4,7,10-17H2,1-2H3,(H3,21,22,23). The van der Waals surface area contributed by atoms with Gasteiger partial charge in [0.05, 0.1) is 19.8 Å². The van der Waals surface area contributed by atoms with Gasteiger partial charge in [-0.1, -0.05) is 38.1 Å². The number of nitrogens with one attached hydrogen (secondary N) is 1. The summed E-state index contributed by atoms with van der Waals surface area (Å²) < 4.78 is 5.37. The summed E-state index contributed by atoms with van der Waals surface area (Å²) in [6, 6.07) is 8.50. The number of hydrogen-bond donors (Lipinski definition) is 2. The SMILES string of the molecule is CCN(CC)Cc1ccccc1CN=C(N)NCCCN1CCOCC1. The second-order valence-electron chi connectivity index (χ2n) is 6.67. The summed E-state index contributed by atoms with van der Waals surface area (Å²) in [5.41, 5.74) is 8.62. The molecule has 1 aliphatic heterocycles. The molecule has 6 heteroatoms. The molecule has 0 unspecified atom stereocenters. The van der Waals surface area contributed by atoms with Gasteiger partial charge in [0.25, 0.3) is 0 Å². The highest BCUT2D eigenvalue weighted by molar-refractivity contribution is 5.77. The van der Waals surface area contributed by atoms with Gasteiger partial charge in [-0.25, -0.2) is 4.99 Å². The van der Waals surface area contributed by atoms with Crippen LogP contribution < -0.4 is 11.1 Å². The maximum Gasteiger partial charge on any atom is 0.188 e. The van der Waals surface area contributed by atoms with E-state index in [4.69, 9.17) is 10.5 Å². The number of rotatable bonds is 10. The van der Waals surface area contributed by atoms with Crippen LogP contribution in [0.25, 0.3) is 0 Å². The third kappa shape index (κ3) is 7.32. The second kappa shape index (κ2) is 11.9. The van der Waals surface area contributed by atoms with Gasteiger partial charge in [0.15, 0.2) is 5.96 Å². The minimum absolute atomic E-state index is 0.532. The third-order valence-electron chi connectivity index (χ3n) is 4.89. The van der Waals surface area contributed by atoms with Crippen molar-refractivity contribution in [2.45, 2.75) is 33.4 Å². The monoisotopic (exact) mass is 361 g/mol. The van der Waals surface area contributed by atoms with Crippen LogP contribution >= 0.6 is 0 Å². The Hall–Kier alpha value is -1.63. The smallest absolute Gasteiger partial charge is 0.188 e. The van der Waals surface area contributed by atoms with E-state index in [0.717, 1.165) is 65.4 Å². The zero-order chi connectivity index (χ0) is 18.6. The summed E-state index contributed by atoms with van der Waals surface area (Å²) in [6.07, 6.45) is 1.06. The Kier molecular flexibility index (Phi) is 9.45. The maximum atomic E-state index is 6.04. The molecule has 0 aliphatic carbocycles. The Balaban J connectivity index is 1.75. The van der Waals surface area contributed by atoms with Gasteiger partial charge >= 0.3 is 0 Å². The normalized spacial score (nSPS) is 16.2. The first-order chi connectivity index (χ1) is 12.7. The lowest BCUT2D eigenvalue weighted by Crippen LogP contribution is -2.39. The van der Waals surface area contributed by atoms with Crippen molar-refractivity contribution in [1.82, 2.24) is 15.1 Å². The van der Waals surface area contributed by atoms with Crippen LogP contribution in [0.1, 0.15) is 31.4 Å². The minimum atomic E-state index is 0.532. The largest absolute Gasteiger partial charge is 0.379 e. The summed E-state index contributed by atoms with van der Waals surface area (Å²) in [7, 11) is 0. The molecule has 6 nitrogen and oxygen atoms in total. The van der Waals surface area contributed by atoms with E-state index in [9.17, 15) is 0 Å². The first-order valence-corrected chi connectivity index (χ1v) is 9.86. The van der Waals surface area contributed by atoms with Gasteiger partial charge in [-0.05, 0) is 37.2 Å². The summed E-state index contributed by atoms with van der Waals surface area (Å²) >= 11 is 0. The van der Waals surface area contributed by atoms with Crippen LogP contribution in [0.15, 0.2) is 29.3 Å². The van der Waals surface area contributed by atoms with E-state index in [0.29, 0.717) is 12.5 Å². The molecule has 2 rings (SSSR count).